The molecule has 0 saturated carbocycles. The van der Waals surface area contributed by atoms with Crippen LogP contribution in [0.4, 0.5) is 17.1 Å². The summed E-state index contributed by atoms with van der Waals surface area (Å²) in [4.78, 5) is 17.9. The number of hydrogen-bond acceptors (Lipinski definition) is 3. The number of carboxylic acid groups (broad SMARTS) is 1. The molecule has 118 valence electrons. The number of anilines is 2. The van der Waals surface area contributed by atoms with Gasteiger partial charge >= 0.3 is 5.97 Å². The Hall–Kier alpha value is -1.89. The van der Waals surface area contributed by atoms with Crippen LogP contribution in [0.25, 0.3) is 0 Å². The minimum atomic E-state index is -0.980. The van der Waals surface area contributed by atoms with Gasteiger partial charge in [0.15, 0.2) is 5.71 Å². The summed E-state index contributed by atoms with van der Waals surface area (Å²) in [7, 11) is 0. The molecule has 1 heterocycles. The molecule has 1 atom stereocenters. The maximum atomic E-state index is 11.5. The minimum absolute atomic E-state index is 0.155. The molecule has 2 aromatic rings. The fourth-order valence-corrected chi connectivity index (χ4v) is 3.75. The van der Waals surface area contributed by atoms with E-state index in [2.05, 4.69) is 58.8 Å². The number of rotatable bonds is 4. The van der Waals surface area contributed by atoms with Gasteiger partial charge in [0.05, 0.1) is 11.4 Å². The third-order valence-corrected chi connectivity index (χ3v) is 4.95. The molecule has 1 unspecified atom stereocenters. The average Bonchev–Trinajstić information content (AvgIpc) is 2.55. The van der Waals surface area contributed by atoms with Crippen molar-refractivity contribution in [1.29, 1.82) is 0 Å². The lowest BCUT2D eigenvalue weighted by atomic mass is 10.1. The van der Waals surface area contributed by atoms with Gasteiger partial charge in [-0.15, -0.1) is 0 Å². The van der Waals surface area contributed by atoms with Gasteiger partial charge in [-0.25, -0.2) is 9.79 Å². The van der Waals surface area contributed by atoms with E-state index >= 15 is 0 Å². The quantitative estimate of drug-likeness (QED) is 0.443. The highest BCUT2D eigenvalue weighted by molar-refractivity contribution is 14.1. The summed E-state index contributed by atoms with van der Waals surface area (Å²) in [5.74, 6) is -0.980. The van der Waals surface area contributed by atoms with Crippen LogP contribution < -0.4 is 4.90 Å². The molecule has 1 aliphatic heterocycles. The molecule has 4 nitrogen and oxygen atoms in total. The molecule has 5 heteroatoms. The largest absolute Gasteiger partial charge is 0.477 e. The van der Waals surface area contributed by atoms with Crippen molar-refractivity contribution in [3.05, 3.63) is 54.1 Å². The summed E-state index contributed by atoms with van der Waals surface area (Å²) < 4.78 is -0.350. The molecule has 3 rings (SSSR count). The first-order chi connectivity index (χ1) is 11.1. The van der Waals surface area contributed by atoms with E-state index in [0.29, 0.717) is 5.69 Å². The van der Waals surface area contributed by atoms with Crippen LogP contribution in [0.2, 0.25) is 0 Å². The van der Waals surface area contributed by atoms with Crippen molar-refractivity contribution in [2.24, 2.45) is 4.99 Å². The van der Waals surface area contributed by atoms with Crippen LogP contribution in [0.3, 0.4) is 0 Å². The molecule has 23 heavy (non-hydrogen) atoms. The molecular weight excluding hydrogens is 403 g/mol. The Bertz CT molecular complexity index is 756. The second-order valence-corrected chi connectivity index (χ2v) is 6.59. The Morgan fingerprint density at radius 2 is 1.91 bits per heavy atom. The average molecular weight is 420 g/mol. The molecule has 2 aromatic carbocycles. The molecule has 1 aliphatic rings. The van der Waals surface area contributed by atoms with E-state index in [1.807, 2.05) is 29.2 Å². The number of para-hydroxylation sites is 2. The van der Waals surface area contributed by atoms with Gasteiger partial charge in [-0.2, -0.15) is 0 Å². The Kier molecular flexibility index (Phi) is 4.66. The van der Waals surface area contributed by atoms with Gasteiger partial charge in [-0.1, -0.05) is 60.2 Å². The number of aliphatic imine (C=N–C) groups is 1. The Morgan fingerprint density at radius 1 is 1.22 bits per heavy atom. The normalized spacial score (nSPS) is 16.7. The molecule has 0 spiro atoms. The van der Waals surface area contributed by atoms with E-state index in [9.17, 15) is 9.90 Å². The zero-order valence-electron chi connectivity index (χ0n) is 12.7. The maximum Gasteiger partial charge on any atom is 0.353 e. The zero-order valence-corrected chi connectivity index (χ0v) is 14.9. The second kappa shape index (κ2) is 6.70. The smallest absolute Gasteiger partial charge is 0.353 e. The lowest BCUT2D eigenvalue weighted by Gasteiger charge is -2.34. The van der Waals surface area contributed by atoms with E-state index in [0.717, 1.165) is 24.2 Å². The number of halogens is 1. The number of hydrogen-bond donors (Lipinski definition) is 1. The van der Waals surface area contributed by atoms with Crippen molar-refractivity contribution < 1.29 is 9.90 Å². The highest BCUT2D eigenvalue weighted by Gasteiger charge is 2.32. The number of nitrogens with zero attached hydrogens (tertiary/aromatic N) is 2. The highest BCUT2D eigenvalue weighted by atomic mass is 127. The summed E-state index contributed by atoms with van der Waals surface area (Å²) >= 11 is 2.14. The van der Waals surface area contributed by atoms with Crippen LogP contribution in [0.5, 0.6) is 0 Å². The van der Waals surface area contributed by atoms with E-state index < -0.39 is 5.97 Å². The third kappa shape index (κ3) is 3.10. The summed E-state index contributed by atoms with van der Waals surface area (Å²) in [6.07, 6.45) is 2.16. The lowest BCUT2D eigenvalue weighted by Crippen LogP contribution is -2.39. The van der Waals surface area contributed by atoms with Crippen LogP contribution in [0.1, 0.15) is 18.9 Å². The summed E-state index contributed by atoms with van der Waals surface area (Å²) in [6, 6.07) is 16.0. The predicted molar refractivity (Wildman–Crippen MR) is 102 cm³/mol. The highest BCUT2D eigenvalue weighted by Crippen LogP contribution is 2.41. The first-order valence-electron chi connectivity index (χ1n) is 7.55. The van der Waals surface area contributed by atoms with E-state index in [4.69, 9.17) is 0 Å². The number of fused-ring (bicyclic) bond motifs is 1. The van der Waals surface area contributed by atoms with Gasteiger partial charge in [-0.05, 0) is 36.2 Å². The van der Waals surface area contributed by atoms with Crippen LogP contribution in [0.15, 0.2) is 53.5 Å². The number of carbonyl (C=O) groups is 1. The molecule has 0 radical (unpaired) electrons. The topological polar surface area (TPSA) is 52.9 Å². The molecule has 1 N–H and O–H groups in total. The number of aryl methyl sites for hydroxylation is 1. The number of aliphatic carboxylic acids is 1. The molecule has 0 saturated heterocycles. The molecule has 0 amide bonds. The van der Waals surface area contributed by atoms with Crippen molar-refractivity contribution in [2.45, 2.75) is 23.8 Å². The van der Waals surface area contributed by atoms with Crippen LogP contribution in [-0.2, 0) is 11.2 Å². The summed E-state index contributed by atoms with van der Waals surface area (Å²) in [5.41, 5.74) is 4.04. The Balaban J connectivity index is 2.06. The first kappa shape index (κ1) is 16.0. The molecular formula is C18H17IN2O2. The Labute approximate surface area is 149 Å². The van der Waals surface area contributed by atoms with Gasteiger partial charge < -0.3 is 10.0 Å². The van der Waals surface area contributed by atoms with Crippen LogP contribution in [0, 0.1) is 0 Å². The first-order valence-corrected chi connectivity index (χ1v) is 8.79. The van der Waals surface area contributed by atoms with E-state index in [1.165, 1.54) is 5.56 Å². The lowest BCUT2D eigenvalue weighted by molar-refractivity contribution is -0.129. The number of alkyl halides is 1. The van der Waals surface area contributed by atoms with Crippen molar-refractivity contribution in [3.8, 4) is 0 Å². The SMILES string of the molecule is CCCc1ccc(N2c3ccccc3N=C(C(=O)O)C2I)cc1. The molecule has 0 aromatic heterocycles. The third-order valence-electron chi connectivity index (χ3n) is 3.81. The molecule has 0 aliphatic carbocycles. The van der Waals surface area contributed by atoms with E-state index in [-0.39, 0.29) is 9.76 Å². The standard InChI is InChI=1S/C18H17IN2O2/c1-2-5-12-8-10-13(11-9-12)21-15-7-4-3-6-14(15)20-16(17(21)19)18(22)23/h3-4,6-11,17H,2,5H2,1H3,(H,22,23). The number of benzene rings is 2. The molecule has 0 bridgehead atoms. The van der Waals surface area contributed by atoms with Gasteiger partial charge in [-0.3, -0.25) is 0 Å². The van der Waals surface area contributed by atoms with Crippen LogP contribution >= 0.6 is 22.6 Å². The number of carboxylic acids is 1. The minimum Gasteiger partial charge on any atom is -0.477 e. The molecule has 0 fully saturated rings. The van der Waals surface area contributed by atoms with Gasteiger partial charge in [0.1, 0.15) is 4.05 Å². The van der Waals surface area contributed by atoms with Crippen molar-refractivity contribution >= 4 is 51.3 Å². The zero-order chi connectivity index (χ0) is 16.4. The summed E-state index contributed by atoms with van der Waals surface area (Å²) in [6.45, 7) is 2.16. The van der Waals surface area contributed by atoms with Crippen molar-refractivity contribution in [3.63, 3.8) is 0 Å². The van der Waals surface area contributed by atoms with Crippen molar-refractivity contribution in [2.75, 3.05) is 4.90 Å². The summed E-state index contributed by atoms with van der Waals surface area (Å²) in [5, 5.41) is 9.45. The fraction of sp³-hybridized carbons (Fsp3) is 0.222. The van der Waals surface area contributed by atoms with E-state index in [1.54, 1.807) is 0 Å². The fourth-order valence-electron chi connectivity index (χ4n) is 2.72. The van der Waals surface area contributed by atoms with Crippen molar-refractivity contribution in [1.82, 2.24) is 0 Å². The van der Waals surface area contributed by atoms with Crippen LogP contribution in [-0.4, -0.2) is 20.8 Å². The van der Waals surface area contributed by atoms with Gasteiger partial charge in [0.25, 0.3) is 0 Å². The van der Waals surface area contributed by atoms with Gasteiger partial charge in [0, 0.05) is 5.69 Å². The second-order valence-electron chi connectivity index (χ2n) is 5.41. The Morgan fingerprint density at radius 3 is 2.57 bits per heavy atom. The monoisotopic (exact) mass is 420 g/mol. The predicted octanol–water partition coefficient (Wildman–Crippen LogP) is 4.71. The maximum absolute atomic E-state index is 11.5. The van der Waals surface area contributed by atoms with Gasteiger partial charge in [0.2, 0.25) is 0 Å².